The summed E-state index contributed by atoms with van der Waals surface area (Å²) in [4.78, 5) is 9.08. The highest BCUT2D eigenvalue weighted by Crippen LogP contribution is 2.20. The van der Waals surface area contributed by atoms with Gasteiger partial charge in [0.15, 0.2) is 5.96 Å². The van der Waals surface area contributed by atoms with Crippen molar-refractivity contribution in [3.8, 4) is 5.75 Å². The van der Waals surface area contributed by atoms with Crippen molar-refractivity contribution in [2.24, 2.45) is 4.99 Å². The van der Waals surface area contributed by atoms with Crippen molar-refractivity contribution in [2.75, 3.05) is 40.8 Å². The fourth-order valence-corrected chi connectivity index (χ4v) is 3.91. The maximum atomic E-state index is 5.85. The molecule has 6 nitrogen and oxygen atoms in total. The first-order valence-electron chi connectivity index (χ1n) is 11.1. The van der Waals surface area contributed by atoms with Gasteiger partial charge < -0.3 is 20.3 Å². The number of likely N-dealkylation sites (N-methyl/N-ethyl adjacent to an activating group) is 1. The molecule has 0 saturated carbocycles. The zero-order valence-corrected chi connectivity index (χ0v) is 19.3. The van der Waals surface area contributed by atoms with Crippen LogP contribution in [-0.4, -0.2) is 68.7 Å². The summed E-state index contributed by atoms with van der Waals surface area (Å²) >= 11 is 0. The summed E-state index contributed by atoms with van der Waals surface area (Å²) in [6.45, 7) is 6.62. The van der Waals surface area contributed by atoms with E-state index in [0.717, 1.165) is 37.8 Å². The summed E-state index contributed by atoms with van der Waals surface area (Å²) in [5.74, 6) is 1.75. The molecule has 1 aliphatic heterocycles. The number of hydrogen-bond donors (Lipinski definition) is 2. The highest BCUT2D eigenvalue weighted by Gasteiger charge is 2.29. The molecule has 3 rings (SSSR count). The maximum Gasteiger partial charge on any atom is 0.191 e. The molecular formula is C25H37N5O. The van der Waals surface area contributed by atoms with E-state index in [-0.39, 0.29) is 0 Å². The lowest BCUT2D eigenvalue weighted by Gasteiger charge is -2.21. The minimum absolute atomic E-state index is 0.394. The van der Waals surface area contributed by atoms with E-state index in [4.69, 9.17) is 4.74 Å². The summed E-state index contributed by atoms with van der Waals surface area (Å²) < 4.78 is 5.85. The third-order valence-electron chi connectivity index (χ3n) is 5.66. The van der Waals surface area contributed by atoms with E-state index in [1.165, 1.54) is 11.1 Å². The number of guanidine groups is 1. The highest BCUT2D eigenvalue weighted by molar-refractivity contribution is 5.80. The quantitative estimate of drug-likeness (QED) is 0.480. The molecule has 0 aromatic heterocycles. The number of rotatable bonds is 9. The lowest BCUT2D eigenvalue weighted by molar-refractivity contribution is 0.258. The third-order valence-corrected chi connectivity index (χ3v) is 5.66. The van der Waals surface area contributed by atoms with E-state index in [0.29, 0.717) is 25.2 Å². The molecule has 2 atom stereocenters. The van der Waals surface area contributed by atoms with Gasteiger partial charge in [0.25, 0.3) is 0 Å². The summed E-state index contributed by atoms with van der Waals surface area (Å²) in [6.07, 6.45) is 1.11. The van der Waals surface area contributed by atoms with Crippen LogP contribution < -0.4 is 15.4 Å². The molecule has 0 radical (unpaired) electrons. The summed E-state index contributed by atoms with van der Waals surface area (Å²) in [7, 11) is 5.93. The standard InChI is InChI=1S/C25H37N5O/c1-20-15-23(19-30(20)18-21-9-6-5-7-10-21)28-25(26-2)27-17-22-11-8-12-24(16-22)31-14-13-29(3)4/h5-12,16,20,23H,13-15,17-19H2,1-4H3,(H2,26,27,28). The summed E-state index contributed by atoms with van der Waals surface area (Å²) in [5.41, 5.74) is 2.54. The van der Waals surface area contributed by atoms with Crippen molar-refractivity contribution < 1.29 is 4.74 Å². The molecule has 2 N–H and O–H groups in total. The second-order valence-corrected chi connectivity index (χ2v) is 8.57. The first kappa shape index (κ1) is 23.1. The first-order chi connectivity index (χ1) is 15.0. The van der Waals surface area contributed by atoms with E-state index in [2.05, 4.69) is 74.8 Å². The van der Waals surface area contributed by atoms with Crippen molar-refractivity contribution >= 4 is 5.96 Å². The Bertz CT molecular complexity index is 824. The van der Waals surface area contributed by atoms with Crippen LogP contribution in [0.1, 0.15) is 24.5 Å². The second-order valence-electron chi connectivity index (χ2n) is 8.57. The van der Waals surface area contributed by atoms with Crippen molar-refractivity contribution in [2.45, 2.75) is 38.5 Å². The summed E-state index contributed by atoms with van der Waals surface area (Å²) in [5, 5.41) is 7.05. The van der Waals surface area contributed by atoms with Gasteiger partial charge in [-0.1, -0.05) is 42.5 Å². The van der Waals surface area contributed by atoms with Crippen LogP contribution in [0, 0.1) is 0 Å². The predicted molar refractivity (Wildman–Crippen MR) is 129 cm³/mol. The number of nitrogens with zero attached hydrogens (tertiary/aromatic N) is 3. The average molecular weight is 424 g/mol. The number of benzene rings is 2. The molecule has 2 unspecified atom stereocenters. The molecule has 0 bridgehead atoms. The first-order valence-corrected chi connectivity index (χ1v) is 11.1. The SMILES string of the molecule is CN=C(NCc1cccc(OCCN(C)C)c1)NC1CC(C)N(Cc2ccccc2)C1. The Morgan fingerprint density at radius 3 is 2.65 bits per heavy atom. The molecule has 168 valence electrons. The van der Waals surface area contributed by atoms with Gasteiger partial charge in [0.05, 0.1) is 0 Å². The molecule has 31 heavy (non-hydrogen) atoms. The van der Waals surface area contributed by atoms with Crippen LogP contribution in [0.15, 0.2) is 59.6 Å². The molecule has 2 aromatic rings. The average Bonchev–Trinajstić information content (AvgIpc) is 3.10. The Balaban J connectivity index is 1.46. The largest absolute Gasteiger partial charge is 0.492 e. The Morgan fingerprint density at radius 1 is 1.13 bits per heavy atom. The van der Waals surface area contributed by atoms with Gasteiger partial charge >= 0.3 is 0 Å². The fraction of sp³-hybridized carbons (Fsp3) is 0.480. The Morgan fingerprint density at radius 2 is 1.90 bits per heavy atom. The van der Waals surface area contributed by atoms with Gasteiger partial charge in [0, 0.05) is 45.3 Å². The van der Waals surface area contributed by atoms with Crippen molar-refractivity contribution in [3.05, 3.63) is 65.7 Å². The van der Waals surface area contributed by atoms with E-state index >= 15 is 0 Å². The van der Waals surface area contributed by atoms with Crippen LogP contribution in [0.5, 0.6) is 5.75 Å². The van der Waals surface area contributed by atoms with Gasteiger partial charge in [-0.2, -0.15) is 0 Å². The fourth-order valence-electron chi connectivity index (χ4n) is 3.91. The number of nitrogens with one attached hydrogen (secondary N) is 2. The number of hydrogen-bond acceptors (Lipinski definition) is 4. The van der Waals surface area contributed by atoms with Crippen LogP contribution in [0.25, 0.3) is 0 Å². The lowest BCUT2D eigenvalue weighted by Crippen LogP contribution is -2.44. The van der Waals surface area contributed by atoms with Crippen LogP contribution in [0.4, 0.5) is 0 Å². The normalized spacial score (nSPS) is 19.6. The van der Waals surface area contributed by atoms with E-state index in [9.17, 15) is 0 Å². The van der Waals surface area contributed by atoms with Gasteiger partial charge in [-0.25, -0.2) is 0 Å². The van der Waals surface area contributed by atoms with E-state index in [1.807, 2.05) is 33.3 Å². The Labute approximate surface area is 187 Å². The van der Waals surface area contributed by atoms with Gasteiger partial charge in [-0.15, -0.1) is 0 Å². The molecule has 0 amide bonds. The second kappa shape index (κ2) is 11.7. The summed E-state index contributed by atoms with van der Waals surface area (Å²) in [6, 6.07) is 19.9. The molecule has 0 spiro atoms. The van der Waals surface area contributed by atoms with E-state index < -0.39 is 0 Å². The number of aliphatic imine (C=N–C) groups is 1. The monoisotopic (exact) mass is 423 g/mol. The van der Waals surface area contributed by atoms with Crippen molar-refractivity contribution in [1.82, 2.24) is 20.4 Å². The van der Waals surface area contributed by atoms with Gasteiger partial charge in [-0.3, -0.25) is 9.89 Å². The van der Waals surface area contributed by atoms with Crippen LogP contribution >= 0.6 is 0 Å². The number of likely N-dealkylation sites (tertiary alicyclic amines) is 1. The Hall–Kier alpha value is -2.57. The van der Waals surface area contributed by atoms with Crippen LogP contribution in [0.2, 0.25) is 0 Å². The predicted octanol–water partition coefficient (Wildman–Crippen LogP) is 2.96. The maximum absolute atomic E-state index is 5.85. The lowest BCUT2D eigenvalue weighted by atomic mass is 10.2. The Kier molecular flexibility index (Phi) is 8.74. The van der Waals surface area contributed by atoms with Crippen molar-refractivity contribution in [1.29, 1.82) is 0 Å². The molecule has 2 aromatic carbocycles. The topological polar surface area (TPSA) is 52.1 Å². The minimum atomic E-state index is 0.394. The molecule has 6 heteroatoms. The van der Waals surface area contributed by atoms with Crippen molar-refractivity contribution in [3.63, 3.8) is 0 Å². The molecule has 1 aliphatic rings. The van der Waals surface area contributed by atoms with Crippen LogP contribution in [0.3, 0.4) is 0 Å². The third kappa shape index (κ3) is 7.56. The highest BCUT2D eigenvalue weighted by atomic mass is 16.5. The zero-order valence-electron chi connectivity index (χ0n) is 19.3. The van der Waals surface area contributed by atoms with Crippen LogP contribution in [-0.2, 0) is 13.1 Å². The zero-order chi connectivity index (χ0) is 22.1. The molecule has 0 aliphatic carbocycles. The minimum Gasteiger partial charge on any atom is -0.492 e. The van der Waals surface area contributed by atoms with Gasteiger partial charge in [-0.05, 0) is 50.7 Å². The number of ether oxygens (including phenoxy) is 1. The molecule has 1 saturated heterocycles. The van der Waals surface area contributed by atoms with Gasteiger partial charge in [0.2, 0.25) is 0 Å². The molecular weight excluding hydrogens is 386 g/mol. The molecule has 1 heterocycles. The molecule has 1 fully saturated rings. The van der Waals surface area contributed by atoms with E-state index in [1.54, 1.807) is 0 Å². The smallest absolute Gasteiger partial charge is 0.191 e. The van der Waals surface area contributed by atoms with Gasteiger partial charge in [0.1, 0.15) is 12.4 Å².